The number of carbonyl (C=O) groups excluding carboxylic acids is 1. The van der Waals surface area contributed by atoms with E-state index in [2.05, 4.69) is 5.32 Å². The second-order valence-electron chi connectivity index (χ2n) is 3.44. The van der Waals surface area contributed by atoms with Crippen molar-refractivity contribution < 1.29 is 4.79 Å². The molecule has 0 saturated carbocycles. The minimum Gasteiger partial charge on any atom is -0.355 e. The van der Waals surface area contributed by atoms with Gasteiger partial charge in [-0.3, -0.25) is 4.79 Å². The summed E-state index contributed by atoms with van der Waals surface area (Å²) in [6, 6.07) is 0. The van der Waals surface area contributed by atoms with Gasteiger partial charge in [0.25, 0.3) is 0 Å². The number of nitrogens with one attached hydrogen (secondary N) is 1. The van der Waals surface area contributed by atoms with E-state index in [1.54, 1.807) is 0 Å². The van der Waals surface area contributed by atoms with Crippen molar-refractivity contribution in [2.75, 3.05) is 33.7 Å². The summed E-state index contributed by atoms with van der Waals surface area (Å²) in [6.07, 6.45) is 0.810. The van der Waals surface area contributed by atoms with Crippen molar-refractivity contribution >= 4 is 5.91 Å². The van der Waals surface area contributed by atoms with E-state index >= 15 is 0 Å². The Labute approximate surface area is 80.5 Å². The zero-order valence-electron chi connectivity index (χ0n) is 8.84. The first-order chi connectivity index (χ1) is 6.11. The lowest BCUT2D eigenvalue weighted by Crippen LogP contribution is -2.38. The van der Waals surface area contributed by atoms with Gasteiger partial charge in [-0.25, -0.2) is 0 Å². The van der Waals surface area contributed by atoms with E-state index in [1.165, 1.54) is 0 Å². The molecule has 0 fully saturated rings. The number of hydrogen-bond donors (Lipinski definition) is 2. The number of rotatable bonds is 6. The van der Waals surface area contributed by atoms with Crippen molar-refractivity contribution in [2.24, 2.45) is 11.7 Å². The Morgan fingerprint density at radius 1 is 1.54 bits per heavy atom. The maximum absolute atomic E-state index is 11.4. The molecule has 0 radical (unpaired) electrons. The fraction of sp³-hybridized carbons (Fsp3) is 0.889. The maximum atomic E-state index is 11.4. The Morgan fingerprint density at radius 3 is 2.54 bits per heavy atom. The molecule has 4 nitrogen and oxygen atoms in total. The summed E-state index contributed by atoms with van der Waals surface area (Å²) in [5.41, 5.74) is 5.44. The molecule has 0 aromatic heterocycles. The van der Waals surface area contributed by atoms with Crippen LogP contribution in [-0.4, -0.2) is 44.5 Å². The number of likely N-dealkylation sites (N-methyl/N-ethyl adjacent to an activating group) is 1. The molecule has 0 aromatic carbocycles. The van der Waals surface area contributed by atoms with Crippen molar-refractivity contribution in [3.8, 4) is 0 Å². The van der Waals surface area contributed by atoms with E-state index in [0.29, 0.717) is 13.1 Å². The Hall–Kier alpha value is -0.610. The van der Waals surface area contributed by atoms with Gasteiger partial charge < -0.3 is 16.0 Å². The van der Waals surface area contributed by atoms with Crippen molar-refractivity contribution in [2.45, 2.75) is 13.3 Å². The highest BCUT2D eigenvalue weighted by Gasteiger charge is 2.12. The second kappa shape index (κ2) is 6.86. The van der Waals surface area contributed by atoms with Crippen LogP contribution in [0.15, 0.2) is 0 Å². The normalized spacial score (nSPS) is 13.0. The summed E-state index contributed by atoms with van der Waals surface area (Å²) in [4.78, 5) is 13.4. The third-order valence-corrected chi connectivity index (χ3v) is 2.01. The summed E-state index contributed by atoms with van der Waals surface area (Å²) >= 11 is 0. The summed E-state index contributed by atoms with van der Waals surface area (Å²) < 4.78 is 0. The van der Waals surface area contributed by atoms with E-state index in [0.717, 1.165) is 13.0 Å². The van der Waals surface area contributed by atoms with Gasteiger partial charge >= 0.3 is 0 Å². The van der Waals surface area contributed by atoms with Crippen molar-refractivity contribution in [1.82, 2.24) is 10.2 Å². The van der Waals surface area contributed by atoms with Gasteiger partial charge in [-0.15, -0.1) is 0 Å². The Balaban J connectivity index is 3.60. The zero-order chi connectivity index (χ0) is 10.3. The number of nitrogens with zero attached hydrogens (tertiary/aromatic N) is 1. The van der Waals surface area contributed by atoms with Gasteiger partial charge in [-0.1, -0.05) is 6.92 Å². The first kappa shape index (κ1) is 12.4. The van der Waals surface area contributed by atoms with Crippen LogP contribution >= 0.6 is 0 Å². The topological polar surface area (TPSA) is 58.4 Å². The molecular formula is C9H21N3O. The molecule has 3 N–H and O–H groups in total. The lowest BCUT2D eigenvalue weighted by atomic mass is 10.1. The third kappa shape index (κ3) is 5.60. The average Bonchev–Trinajstić information content (AvgIpc) is 2.05. The predicted molar refractivity (Wildman–Crippen MR) is 54.4 cm³/mol. The summed E-state index contributed by atoms with van der Waals surface area (Å²) in [5.74, 6) is 0.0500. The fourth-order valence-corrected chi connectivity index (χ4v) is 1.01. The lowest BCUT2D eigenvalue weighted by Gasteiger charge is -2.14. The number of amides is 1. The highest BCUT2D eigenvalue weighted by molar-refractivity contribution is 5.78. The van der Waals surface area contributed by atoms with Crippen molar-refractivity contribution in [3.05, 3.63) is 0 Å². The highest BCUT2D eigenvalue weighted by atomic mass is 16.1. The molecular weight excluding hydrogens is 166 g/mol. The summed E-state index contributed by atoms with van der Waals surface area (Å²) in [6.45, 7) is 3.97. The minimum absolute atomic E-state index is 0.0258. The van der Waals surface area contributed by atoms with Gasteiger partial charge in [0, 0.05) is 25.6 Å². The van der Waals surface area contributed by atoms with Crippen LogP contribution in [0.4, 0.5) is 0 Å². The predicted octanol–water partition coefficient (Wildman–Crippen LogP) is -0.351. The SMILES string of the molecule is CCC(CN)C(=O)NCCN(C)C. The van der Waals surface area contributed by atoms with Gasteiger partial charge in [0.05, 0.1) is 0 Å². The molecule has 13 heavy (non-hydrogen) atoms. The van der Waals surface area contributed by atoms with E-state index in [9.17, 15) is 4.79 Å². The molecule has 78 valence electrons. The van der Waals surface area contributed by atoms with Gasteiger partial charge in [0.15, 0.2) is 0 Å². The molecule has 0 aliphatic heterocycles. The molecule has 1 amide bonds. The van der Waals surface area contributed by atoms with Gasteiger partial charge in [0.1, 0.15) is 0 Å². The summed E-state index contributed by atoms with van der Waals surface area (Å²) in [7, 11) is 3.96. The minimum atomic E-state index is -0.0258. The maximum Gasteiger partial charge on any atom is 0.224 e. The molecule has 0 aromatic rings. The summed E-state index contributed by atoms with van der Waals surface area (Å²) in [5, 5.41) is 2.86. The number of hydrogen-bond acceptors (Lipinski definition) is 3. The van der Waals surface area contributed by atoms with Gasteiger partial charge in [-0.2, -0.15) is 0 Å². The number of carbonyl (C=O) groups is 1. The Bertz CT molecular complexity index is 144. The van der Waals surface area contributed by atoms with E-state index in [4.69, 9.17) is 5.73 Å². The van der Waals surface area contributed by atoms with E-state index < -0.39 is 0 Å². The first-order valence-corrected chi connectivity index (χ1v) is 4.74. The van der Waals surface area contributed by atoms with Crippen LogP contribution in [0.5, 0.6) is 0 Å². The Kier molecular flexibility index (Phi) is 6.54. The molecule has 1 unspecified atom stereocenters. The highest BCUT2D eigenvalue weighted by Crippen LogP contribution is 1.98. The molecule has 0 rings (SSSR count). The van der Waals surface area contributed by atoms with Crippen LogP contribution in [0.25, 0.3) is 0 Å². The average molecular weight is 187 g/mol. The van der Waals surface area contributed by atoms with Gasteiger partial charge in [-0.05, 0) is 20.5 Å². The van der Waals surface area contributed by atoms with Crippen LogP contribution < -0.4 is 11.1 Å². The van der Waals surface area contributed by atoms with E-state index in [1.807, 2.05) is 25.9 Å². The molecule has 0 heterocycles. The molecule has 0 saturated heterocycles. The zero-order valence-corrected chi connectivity index (χ0v) is 8.84. The lowest BCUT2D eigenvalue weighted by molar-refractivity contribution is -0.124. The molecule has 0 aliphatic rings. The number of nitrogens with two attached hydrogens (primary N) is 1. The van der Waals surface area contributed by atoms with Crippen LogP contribution in [-0.2, 0) is 4.79 Å². The molecule has 1 atom stereocenters. The Morgan fingerprint density at radius 2 is 2.15 bits per heavy atom. The largest absolute Gasteiger partial charge is 0.355 e. The van der Waals surface area contributed by atoms with Gasteiger partial charge in [0.2, 0.25) is 5.91 Å². The molecule has 4 heteroatoms. The molecule has 0 spiro atoms. The van der Waals surface area contributed by atoms with Crippen LogP contribution in [0.3, 0.4) is 0 Å². The van der Waals surface area contributed by atoms with Crippen molar-refractivity contribution in [1.29, 1.82) is 0 Å². The van der Waals surface area contributed by atoms with E-state index in [-0.39, 0.29) is 11.8 Å². The third-order valence-electron chi connectivity index (χ3n) is 2.01. The quantitative estimate of drug-likeness (QED) is 0.597. The van der Waals surface area contributed by atoms with Crippen LogP contribution in [0, 0.1) is 5.92 Å². The second-order valence-corrected chi connectivity index (χ2v) is 3.44. The molecule has 0 aliphatic carbocycles. The fourth-order valence-electron chi connectivity index (χ4n) is 1.01. The van der Waals surface area contributed by atoms with Crippen LogP contribution in [0.1, 0.15) is 13.3 Å². The monoisotopic (exact) mass is 187 g/mol. The smallest absolute Gasteiger partial charge is 0.224 e. The van der Waals surface area contributed by atoms with Crippen molar-refractivity contribution in [3.63, 3.8) is 0 Å². The first-order valence-electron chi connectivity index (χ1n) is 4.74. The van der Waals surface area contributed by atoms with Crippen LogP contribution in [0.2, 0.25) is 0 Å². The molecule has 0 bridgehead atoms. The standard InChI is InChI=1S/C9H21N3O/c1-4-8(7-10)9(13)11-5-6-12(2)3/h8H,4-7,10H2,1-3H3,(H,11,13).